The van der Waals surface area contributed by atoms with Crippen LogP contribution in [-0.2, 0) is 4.79 Å². The summed E-state index contributed by atoms with van der Waals surface area (Å²) >= 11 is 0. The molecule has 0 saturated carbocycles. The van der Waals surface area contributed by atoms with Gasteiger partial charge in [0.25, 0.3) is 0 Å². The second-order valence-electron chi connectivity index (χ2n) is 5.60. The molecular formula is C15H31N3O. The van der Waals surface area contributed by atoms with E-state index in [1.807, 2.05) is 11.8 Å². The van der Waals surface area contributed by atoms with E-state index in [1.54, 1.807) is 0 Å². The van der Waals surface area contributed by atoms with Crippen LogP contribution in [0.2, 0.25) is 0 Å². The maximum Gasteiger partial charge on any atom is 0.226 e. The van der Waals surface area contributed by atoms with Crippen LogP contribution in [0.3, 0.4) is 0 Å². The van der Waals surface area contributed by atoms with Crippen molar-refractivity contribution in [2.24, 2.45) is 17.6 Å². The molecule has 2 N–H and O–H groups in total. The van der Waals surface area contributed by atoms with Crippen molar-refractivity contribution in [2.75, 3.05) is 39.3 Å². The van der Waals surface area contributed by atoms with Crippen LogP contribution in [0, 0.1) is 11.8 Å². The van der Waals surface area contributed by atoms with Crippen LogP contribution in [-0.4, -0.2) is 55.0 Å². The first kappa shape index (κ1) is 16.4. The molecule has 1 amide bonds. The number of nitrogens with zero attached hydrogens (tertiary/aromatic N) is 2. The summed E-state index contributed by atoms with van der Waals surface area (Å²) in [5.41, 5.74) is 5.67. The van der Waals surface area contributed by atoms with Crippen molar-refractivity contribution in [1.82, 2.24) is 9.80 Å². The molecule has 0 bridgehead atoms. The van der Waals surface area contributed by atoms with Gasteiger partial charge in [-0.2, -0.15) is 0 Å². The molecule has 1 fully saturated rings. The zero-order valence-corrected chi connectivity index (χ0v) is 12.9. The van der Waals surface area contributed by atoms with Gasteiger partial charge in [0.15, 0.2) is 0 Å². The van der Waals surface area contributed by atoms with E-state index in [0.717, 1.165) is 51.4 Å². The first-order valence-corrected chi connectivity index (χ1v) is 7.87. The van der Waals surface area contributed by atoms with E-state index < -0.39 is 0 Å². The Labute approximate surface area is 118 Å². The monoisotopic (exact) mass is 269 g/mol. The van der Waals surface area contributed by atoms with Crippen LogP contribution in [0.25, 0.3) is 0 Å². The van der Waals surface area contributed by atoms with Crippen molar-refractivity contribution in [3.8, 4) is 0 Å². The summed E-state index contributed by atoms with van der Waals surface area (Å²) < 4.78 is 0. The fraction of sp³-hybridized carbons (Fsp3) is 0.933. The second kappa shape index (κ2) is 8.54. The molecule has 0 aromatic rings. The summed E-state index contributed by atoms with van der Waals surface area (Å²) in [5, 5.41) is 0. The van der Waals surface area contributed by atoms with Gasteiger partial charge in [0.2, 0.25) is 5.91 Å². The average Bonchev–Trinajstić information content (AvgIpc) is 2.46. The van der Waals surface area contributed by atoms with Gasteiger partial charge in [-0.15, -0.1) is 0 Å². The zero-order chi connectivity index (χ0) is 14.3. The Morgan fingerprint density at radius 1 is 1.26 bits per heavy atom. The quantitative estimate of drug-likeness (QED) is 0.763. The van der Waals surface area contributed by atoms with Gasteiger partial charge in [-0.3, -0.25) is 4.79 Å². The number of likely N-dealkylation sites (tertiary alicyclic amines) is 1. The predicted molar refractivity (Wildman–Crippen MR) is 79.9 cm³/mol. The standard InChI is InChI=1S/C15H31N3O/c1-4-14(11-16)15(19)18-9-7-13(8-10-18)12-17(5-2)6-3/h13-14H,4-12,16H2,1-3H3. The van der Waals surface area contributed by atoms with E-state index in [-0.39, 0.29) is 11.8 Å². The highest BCUT2D eigenvalue weighted by Crippen LogP contribution is 2.20. The third-order valence-electron chi connectivity index (χ3n) is 4.46. The molecule has 19 heavy (non-hydrogen) atoms. The van der Waals surface area contributed by atoms with Crippen LogP contribution in [0.1, 0.15) is 40.0 Å². The minimum absolute atomic E-state index is 0.0272. The Morgan fingerprint density at radius 2 is 1.84 bits per heavy atom. The number of carbonyl (C=O) groups is 1. The Bertz CT molecular complexity index is 254. The topological polar surface area (TPSA) is 49.6 Å². The molecule has 0 radical (unpaired) electrons. The van der Waals surface area contributed by atoms with Crippen molar-refractivity contribution in [3.63, 3.8) is 0 Å². The van der Waals surface area contributed by atoms with Crippen molar-refractivity contribution in [1.29, 1.82) is 0 Å². The minimum Gasteiger partial charge on any atom is -0.342 e. The van der Waals surface area contributed by atoms with E-state index >= 15 is 0 Å². The van der Waals surface area contributed by atoms with Crippen LogP contribution in [0.5, 0.6) is 0 Å². The summed E-state index contributed by atoms with van der Waals surface area (Å²) in [4.78, 5) is 16.7. The van der Waals surface area contributed by atoms with E-state index in [9.17, 15) is 4.79 Å². The number of amides is 1. The molecule has 0 aliphatic carbocycles. The number of rotatable bonds is 7. The SMILES string of the molecule is CCC(CN)C(=O)N1CCC(CN(CC)CC)CC1. The molecule has 0 aromatic heterocycles. The zero-order valence-electron chi connectivity index (χ0n) is 12.9. The molecule has 112 valence electrons. The van der Waals surface area contributed by atoms with Crippen LogP contribution < -0.4 is 5.73 Å². The van der Waals surface area contributed by atoms with Crippen molar-refractivity contribution in [3.05, 3.63) is 0 Å². The van der Waals surface area contributed by atoms with E-state index in [4.69, 9.17) is 5.73 Å². The highest BCUT2D eigenvalue weighted by molar-refractivity contribution is 5.79. The van der Waals surface area contributed by atoms with Gasteiger partial charge in [0, 0.05) is 26.2 Å². The molecule has 1 unspecified atom stereocenters. The first-order valence-electron chi connectivity index (χ1n) is 7.87. The van der Waals surface area contributed by atoms with Crippen LogP contribution >= 0.6 is 0 Å². The molecule has 1 aliphatic heterocycles. The maximum absolute atomic E-state index is 12.2. The van der Waals surface area contributed by atoms with Gasteiger partial charge in [-0.1, -0.05) is 20.8 Å². The maximum atomic E-state index is 12.2. The normalized spacial score (nSPS) is 18.9. The van der Waals surface area contributed by atoms with Gasteiger partial charge >= 0.3 is 0 Å². The molecule has 1 heterocycles. The molecule has 1 saturated heterocycles. The fourth-order valence-corrected chi connectivity index (χ4v) is 2.88. The second-order valence-corrected chi connectivity index (χ2v) is 5.60. The molecule has 0 aromatic carbocycles. The summed E-state index contributed by atoms with van der Waals surface area (Å²) in [6.45, 7) is 12.2. The van der Waals surface area contributed by atoms with Crippen LogP contribution in [0.4, 0.5) is 0 Å². The largest absolute Gasteiger partial charge is 0.342 e. The number of piperidine rings is 1. The number of hydrogen-bond donors (Lipinski definition) is 1. The van der Waals surface area contributed by atoms with Gasteiger partial charge in [-0.05, 0) is 38.3 Å². The summed E-state index contributed by atoms with van der Waals surface area (Å²) in [7, 11) is 0. The molecule has 4 nitrogen and oxygen atoms in total. The Morgan fingerprint density at radius 3 is 2.26 bits per heavy atom. The summed E-state index contributed by atoms with van der Waals surface area (Å²) in [6, 6.07) is 0. The summed E-state index contributed by atoms with van der Waals surface area (Å²) in [5.74, 6) is 1.05. The predicted octanol–water partition coefficient (Wildman–Crippen LogP) is 1.55. The number of hydrogen-bond acceptors (Lipinski definition) is 3. The van der Waals surface area contributed by atoms with Gasteiger partial charge in [-0.25, -0.2) is 0 Å². The van der Waals surface area contributed by atoms with Gasteiger partial charge < -0.3 is 15.5 Å². The number of carbonyl (C=O) groups excluding carboxylic acids is 1. The Hall–Kier alpha value is -0.610. The smallest absolute Gasteiger partial charge is 0.226 e. The lowest BCUT2D eigenvalue weighted by Crippen LogP contribution is -2.45. The first-order chi connectivity index (χ1) is 9.15. The molecular weight excluding hydrogens is 238 g/mol. The van der Waals surface area contributed by atoms with E-state index in [1.165, 1.54) is 6.54 Å². The highest BCUT2D eigenvalue weighted by Gasteiger charge is 2.27. The lowest BCUT2D eigenvalue weighted by atomic mass is 9.94. The lowest BCUT2D eigenvalue weighted by molar-refractivity contribution is -0.136. The Balaban J connectivity index is 2.38. The van der Waals surface area contributed by atoms with Gasteiger partial charge in [0.05, 0.1) is 5.92 Å². The number of nitrogens with two attached hydrogens (primary N) is 1. The molecule has 0 spiro atoms. The van der Waals surface area contributed by atoms with Crippen molar-refractivity contribution >= 4 is 5.91 Å². The third kappa shape index (κ3) is 4.77. The third-order valence-corrected chi connectivity index (χ3v) is 4.46. The fourth-order valence-electron chi connectivity index (χ4n) is 2.88. The average molecular weight is 269 g/mol. The molecule has 4 heteroatoms. The minimum atomic E-state index is 0.0272. The van der Waals surface area contributed by atoms with Gasteiger partial charge in [0.1, 0.15) is 0 Å². The van der Waals surface area contributed by atoms with Crippen LogP contribution in [0.15, 0.2) is 0 Å². The van der Waals surface area contributed by atoms with E-state index in [0.29, 0.717) is 6.54 Å². The van der Waals surface area contributed by atoms with Crippen molar-refractivity contribution in [2.45, 2.75) is 40.0 Å². The van der Waals surface area contributed by atoms with Crippen molar-refractivity contribution < 1.29 is 4.79 Å². The highest BCUT2D eigenvalue weighted by atomic mass is 16.2. The molecule has 1 atom stereocenters. The Kier molecular flexibility index (Phi) is 7.39. The van der Waals surface area contributed by atoms with E-state index in [2.05, 4.69) is 18.7 Å². The lowest BCUT2D eigenvalue weighted by Gasteiger charge is -2.35. The molecule has 1 aliphatic rings. The molecule has 1 rings (SSSR count). The summed E-state index contributed by atoms with van der Waals surface area (Å²) in [6.07, 6.45) is 3.14.